The summed E-state index contributed by atoms with van der Waals surface area (Å²) >= 11 is 0. The lowest BCUT2D eigenvalue weighted by atomic mass is 9.97. The van der Waals surface area contributed by atoms with E-state index in [4.69, 9.17) is 0 Å². The molecule has 0 spiro atoms. The van der Waals surface area contributed by atoms with Crippen LogP contribution in [0.3, 0.4) is 0 Å². The van der Waals surface area contributed by atoms with Crippen LogP contribution >= 0.6 is 0 Å². The van der Waals surface area contributed by atoms with E-state index in [0.29, 0.717) is 0 Å². The van der Waals surface area contributed by atoms with Gasteiger partial charge in [-0.3, -0.25) is 0 Å². The molecule has 0 nitrogen and oxygen atoms in total. The van der Waals surface area contributed by atoms with Gasteiger partial charge in [0.2, 0.25) is 0 Å². The van der Waals surface area contributed by atoms with E-state index in [0.717, 1.165) is 24.5 Å². The van der Waals surface area contributed by atoms with E-state index in [1.807, 2.05) is 26.8 Å². The molecule has 2 heteroatoms. The van der Waals surface area contributed by atoms with E-state index in [9.17, 15) is 8.78 Å². The molecule has 0 aromatic heterocycles. The predicted octanol–water partition coefficient (Wildman–Crippen LogP) is 4.70. The first kappa shape index (κ1) is 14.1. The molecule has 1 aromatic rings. The molecule has 0 saturated carbocycles. The molecule has 0 heterocycles. The molecule has 1 aromatic carbocycles. The van der Waals surface area contributed by atoms with Gasteiger partial charge < -0.3 is 0 Å². The van der Waals surface area contributed by atoms with Crippen LogP contribution in [0.2, 0.25) is 0 Å². The van der Waals surface area contributed by atoms with Crippen LogP contribution in [0.4, 0.5) is 8.78 Å². The summed E-state index contributed by atoms with van der Waals surface area (Å²) in [4.78, 5) is 0. The Hall–Kier alpha value is -0.920. The van der Waals surface area contributed by atoms with Gasteiger partial charge in [-0.25, -0.2) is 8.78 Å². The predicted molar refractivity (Wildman–Crippen MR) is 61.5 cm³/mol. The molecule has 0 aliphatic rings. The third-order valence-corrected chi connectivity index (χ3v) is 2.30. The molecule has 1 rings (SSSR count). The summed E-state index contributed by atoms with van der Waals surface area (Å²) in [5.74, 6) is -2.73. The van der Waals surface area contributed by atoms with Gasteiger partial charge in [-0.2, -0.15) is 0 Å². The Bertz CT molecular complexity index is 298. The van der Waals surface area contributed by atoms with Crippen molar-refractivity contribution in [3.05, 3.63) is 34.9 Å². The second kappa shape index (κ2) is 5.84. The number of hydrogen-bond donors (Lipinski definition) is 0. The van der Waals surface area contributed by atoms with Gasteiger partial charge >= 0.3 is 0 Å². The molecule has 0 fully saturated rings. The van der Waals surface area contributed by atoms with Gasteiger partial charge in [-0.15, -0.1) is 0 Å². The summed E-state index contributed by atoms with van der Waals surface area (Å²) in [7, 11) is 0. The summed E-state index contributed by atoms with van der Waals surface area (Å²) in [6, 6.07) is 5.08. The molecule has 86 valence electrons. The molecule has 0 aliphatic carbocycles. The second-order valence-corrected chi connectivity index (χ2v) is 3.33. The quantitative estimate of drug-likeness (QED) is 0.669. The number of rotatable bonds is 2. The van der Waals surface area contributed by atoms with Crippen molar-refractivity contribution >= 4 is 0 Å². The molecule has 0 aliphatic heterocycles. The molecule has 0 unspecified atom stereocenters. The maximum absolute atomic E-state index is 13.0. The molecular weight excluding hydrogens is 194 g/mol. The van der Waals surface area contributed by atoms with Crippen molar-refractivity contribution in [3.63, 3.8) is 0 Å². The van der Waals surface area contributed by atoms with Crippen LogP contribution in [-0.2, 0) is 12.3 Å². The maximum atomic E-state index is 13.0. The smallest absolute Gasteiger partial charge is 0.202 e. The Morgan fingerprint density at radius 2 is 1.73 bits per heavy atom. The molecule has 0 N–H and O–H groups in total. The number of halogens is 2. The van der Waals surface area contributed by atoms with E-state index in [-0.39, 0.29) is 5.56 Å². The zero-order valence-electron chi connectivity index (χ0n) is 10.2. The second-order valence-electron chi connectivity index (χ2n) is 3.33. The van der Waals surface area contributed by atoms with Crippen molar-refractivity contribution in [1.29, 1.82) is 0 Å². The summed E-state index contributed by atoms with van der Waals surface area (Å²) < 4.78 is 26.1. The Balaban J connectivity index is 0.000000921. The fraction of sp³-hybridized carbons (Fsp3) is 0.538. The molecule has 0 atom stereocenters. The van der Waals surface area contributed by atoms with E-state index in [1.165, 1.54) is 6.07 Å². The minimum absolute atomic E-state index is 0.145. The average Bonchev–Trinajstić information content (AvgIpc) is 2.19. The average molecular weight is 214 g/mol. The molecule has 0 radical (unpaired) electrons. The van der Waals surface area contributed by atoms with Crippen molar-refractivity contribution in [2.24, 2.45) is 0 Å². The SMILES string of the molecule is CC.CCc1cccc(C(C)(F)F)c1C. The highest BCUT2D eigenvalue weighted by atomic mass is 19.3. The number of benzene rings is 1. The minimum atomic E-state index is -2.73. The summed E-state index contributed by atoms with van der Waals surface area (Å²) in [6.45, 7) is 8.67. The normalized spacial score (nSPS) is 10.6. The van der Waals surface area contributed by atoms with Gasteiger partial charge in [0.15, 0.2) is 0 Å². The van der Waals surface area contributed by atoms with Crippen molar-refractivity contribution in [2.45, 2.75) is 47.0 Å². The monoisotopic (exact) mass is 214 g/mol. The van der Waals surface area contributed by atoms with Crippen LogP contribution in [0, 0.1) is 6.92 Å². The fourth-order valence-corrected chi connectivity index (χ4v) is 1.54. The van der Waals surface area contributed by atoms with Gasteiger partial charge in [0.1, 0.15) is 0 Å². The first-order chi connectivity index (χ1) is 6.96. The lowest BCUT2D eigenvalue weighted by molar-refractivity contribution is 0.0167. The lowest BCUT2D eigenvalue weighted by Gasteiger charge is -2.15. The molecular formula is C13H20F2. The van der Waals surface area contributed by atoms with E-state index >= 15 is 0 Å². The van der Waals surface area contributed by atoms with Crippen LogP contribution in [0.5, 0.6) is 0 Å². The molecule has 0 bridgehead atoms. The van der Waals surface area contributed by atoms with Gasteiger partial charge in [0, 0.05) is 12.5 Å². The standard InChI is InChI=1S/C11H14F2.C2H6/c1-4-9-6-5-7-10(8(9)2)11(3,12)13;1-2/h5-7H,4H2,1-3H3;1-2H3. The van der Waals surface area contributed by atoms with Gasteiger partial charge in [0.25, 0.3) is 5.92 Å². The Kier molecular flexibility index (Phi) is 5.48. The topological polar surface area (TPSA) is 0 Å². The van der Waals surface area contributed by atoms with E-state index in [2.05, 4.69) is 0 Å². The van der Waals surface area contributed by atoms with Crippen molar-refractivity contribution in [3.8, 4) is 0 Å². The Morgan fingerprint density at radius 1 is 1.20 bits per heavy atom. The number of hydrogen-bond acceptors (Lipinski definition) is 0. The highest BCUT2D eigenvalue weighted by Crippen LogP contribution is 2.30. The number of aryl methyl sites for hydroxylation is 1. The zero-order valence-corrected chi connectivity index (χ0v) is 10.2. The Labute approximate surface area is 91.3 Å². The highest BCUT2D eigenvalue weighted by molar-refractivity contribution is 5.36. The van der Waals surface area contributed by atoms with E-state index in [1.54, 1.807) is 13.0 Å². The molecule has 0 amide bonds. The van der Waals surface area contributed by atoms with Crippen molar-refractivity contribution in [2.75, 3.05) is 0 Å². The van der Waals surface area contributed by atoms with Crippen LogP contribution in [0.15, 0.2) is 18.2 Å². The lowest BCUT2D eigenvalue weighted by Crippen LogP contribution is -2.10. The van der Waals surface area contributed by atoms with E-state index < -0.39 is 5.92 Å². The van der Waals surface area contributed by atoms with Crippen LogP contribution in [0.25, 0.3) is 0 Å². The van der Waals surface area contributed by atoms with Crippen LogP contribution in [-0.4, -0.2) is 0 Å². The first-order valence-electron chi connectivity index (χ1n) is 5.43. The maximum Gasteiger partial charge on any atom is 0.270 e. The number of alkyl halides is 2. The summed E-state index contributed by atoms with van der Waals surface area (Å²) in [5.41, 5.74) is 1.86. The van der Waals surface area contributed by atoms with Crippen molar-refractivity contribution < 1.29 is 8.78 Å². The van der Waals surface area contributed by atoms with Crippen molar-refractivity contribution in [1.82, 2.24) is 0 Å². The fourth-order valence-electron chi connectivity index (χ4n) is 1.54. The van der Waals surface area contributed by atoms with Crippen LogP contribution in [0.1, 0.15) is 44.4 Å². The Morgan fingerprint density at radius 3 is 2.13 bits per heavy atom. The minimum Gasteiger partial charge on any atom is -0.202 e. The third-order valence-electron chi connectivity index (χ3n) is 2.30. The summed E-state index contributed by atoms with van der Waals surface area (Å²) in [5, 5.41) is 0. The molecule has 0 saturated heterocycles. The largest absolute Gasteiger partial charge is 0.270 e. The zero-order chi connectivity index (χ0) is 12.1. The first-order valence-corrected chi connectivity index (χ1v) is 5.43. The van der Waals surface area contributed by atoms with Gasteiger partial charge in [0.05, 0.1) is 0 Å². The summed E-state index contributed by atoms with van der Waals surface area (Å²) in [6.07, 6.45) is 0.801. The van der Waals surface area contributed by atoms with Gasteiger partial charge in [-0.1, -0.05) is 39.0 Å². The highest BCUT2D eigenvalue weighted by Gasteiger charge is 2.26. The van der Waals surface area contributed by atoms with Crippen LogP contribution < -0.4 is 0 Å². The molecule has 15 heavy (non-hydrogen) atoms. The van der Waals surface area contributed by atoms with Gasteiger partial charge in [-0.05, 0) is 24.5 Å². The third kappa shape index (κ3) is 3.61.